The van der Waals surface area contributed by atoms with Crippen molar-refractivity contribution in [3.8, 4) is 0 Å². The van der Waals surface area contributed by atoms with Gasteiger partial charge in [-0.05, 0) is 46.2 Å². The van der Waals surface area contributed by atoms with Crippen molar-refractivity contribution in [3.63, 3.8) is 0 Å². The van der Waals surface area contributed by atoms with Gasteiger partial charge in [-0.25, -0.2) is 4.98 Å². The Morgan fingerprint density at radius 1 is 1.24 bits per heavy atom. The minimum atomic E-state index is -0.442. The standard InChI is InChI=1S/C15H23BN2O3/c1-14(2)15(3,4)21-16(20-14)12-6-5-7-13(17-12)18-9-8-11(19)10-18/h5-7,11,19H,8-10H2,1-4H3. The molecule has 114 valence electrons. The van der Waals surface area contributed by atoms with E-state index in [1.807, 2.05) is 45.9 Å². The van der Waals surface area contributed by atoms with E-state index in [1.54, 1.807) is 0 Å². The number of hydrogen-bond acceptors (Lipinski definition) is 5. The van der Waals surface area contributed by atoms with Crippen LogP contribution in [-0.2, 0) is 9.31 Å². The molecule has 2 saturated heterocycles. The van der Waals surface area contributed by atoms with E-state index in [4.69, 9.17) is 9.31 Å². The van der Waals surface area contributed by atoms with Crippen molar-refractivity contribution in [2.75, 3.05) is 18.0 Å². The third kappa shape index (κ3) is 2.68. The molecule has 0 saturated carbocycles. The van der Waals surface area contributed by atoms with Gasteiger partial charge in [0.2, 0.25) is 0 Å². The molecule has 1 N–H and O–H groups in total. The van der Waals surface area contributed by atoms with E-state index in [1.165, 1.54) is 0 Å². The average Bonchev–Trinajstić information content (AvgIpc) is 2.92. The number of rotatable bonds is 2. The van der Waals surface area contributed by atoms with Gasteiger partial charge in [0.25, 0.3) is 0 Å². The van der Waals surface area contributed by atoms with Crippen LogP contribution in [0.5, 0.6) is 0 Å². The molecular weight excluding hydrogens is 267 g/mol. The summed E-state index contributed by atoms with van der Waals surface area (Å²) in [4.78, 5) is 6.76. The van der Waals surface area contributed by atoms with Crippen molar-refractivity contribution in [1.29, 1.82) is 0 Å². The van der Waals surface area contributed by atoms with Crippen LogP contribution in [-0.4, -0.2) is 47.6 Å². The Kier molecular flexibility index (Phi) is 3.51. The number of hydrogen-bond donors (Lipinski definition) is 1. The van der Waals surface area contributed by atoms with Crippen molar-refractivity contribution in [2.45, 2.75) is 51.4 Å². The third-order valence-electron chi connectivity index (χ3n) is 4.74. The molecule has 2 aliphatic heterocycles. The number of aromatic nitrogens is 1. The lowest BCUT2D eigenvalue weighted by molar-refractivity contribution is 0.00578. The second-order valence-electron chi connectivity index (χ2n) is 6.90. The molecule has 1 aromatic heterocycles. The first-order valence-corrected chi connectivity index (χ1v) is 7.54. The molecule has 21 heavy (non-hydrogen) atoms. The monoisotopic (exact) mass is 290 g/mol. The summed E-state index contributed by atoms with van der Waals surface area (Å²) in [6.45, 7) is 9.61. The van der Waals surface area contributed by atoms with Crippen LogP contribution in [0.2, 0.25) is 0 Å². The molecular formula is C15H23BN2O3. The molecule has 6 heteroatoms. The number of pyridine rings is 1. The molecule has 1 aromatic rings. The average molecular weight is 290 g/mol. The van der Waals surface area contributed by atoms with Gasteiger partial charge in [0.15, 0.2) is 0 Å². The minimum Gasteiger partial charge on any atom is -0.398 e. The Bertz CT molecular complexity index is 519. The molecule has 1 unspecified atom stereocenters. The largest absolute Gasteiger partial charge is 0.514 e. The van der Waals surface area contributed by atoms with Gasteiger partial charge in [0, 0.05) is 13.1 Å². The first-order chi connectivity index (χ1) is 9.78. The van der Waals surface area contributed by atoms with Gasteiger partial charge in [-0.2, -0.15) is 0 Å². The van der Waals surface area contributed by atoms with E-state index in [2.05, 4.69) is 9.88 Å². The van der Waals surface area contributed by atoms with E-state index >= 15 is 0 Å². The van der Waals surface area contributed by atoms with E-state index < -0.39 is 7.12 Å². The predicted octanol–water partition coefficient (Wildman–Crippen LogP) is 0.952. The fourth-order valence-corrected chi connectivity index (χ4v) is 2.66. The first kappa shape index (κ1) is 14.8. The molecule has 0 amide bonds. The van der Waals surface area contributed by atoms with Gasteiger partial charge in [-0.15, -0.1) is 0 Å². The summed E-state index contributed by atoms with van der Waals surface area (Å²) >= 11 is 0. The second-order valence-corrected chi connectivity index (χ2v) is 6.90. The molecule has 0 spiro atoms. The number of β-amino-alcohol motifs (C(OH)–C–C–N with tert-alkyl or cyclic N) is 1. The van der Waals surface area contributed by atoms with Crippen LogP contribution in [0.1, 0.15) is 34.1 Å². The van der Waals surface area contributed by atoms with Gasteiger partial charge >= 0.3 is 7.12 Å². The van der Waals surface area contributed by atoms with E-state index in [-0.39, 0.29) is 17.3 Å². The van der Waals surface area contributed by atoms with Gasteiger partial charge in [-0.1, -0.05) is 6.07 Å². The van der Waals surface area contributed by atoms with Crippen LogP contribution >= 0.6 is 0 Å². The summed E-state index contributed by atoms with van der Waals surface area (Å²) in [7, 11) is -0.442. The van der Waals surface area contributed by atoms with E-state index in [9.17, 15) is 5.11 Å². The van der Waals surface area contributed by atoms with Gasteiger partial charge in [-0.3, -0.25) is 0 Å². The molecule has 0 aliphatic carbocycles. The van der Waals surface area contributed by atoms with E-state index in [0.29, 0.717) is 6.54 Å². The molecule has 0 aromatic carbocycles. The zero-order valence-corrected chi connectivity index (χ0v) is 13.2. The summed E-state index contributed by atoms with van der Waals surface area (Å²) in [5, 5.41) is 9.66. The molecule has 3 rings (SSSR count). The lowest BCUT2D eigenvalue weighted by Crippen LogP contribution is -2.41. The highest BCUT2D eigenvalue weighted by atomic mass is 16.7. The van der Waals surface area contributed by atoms with Crippen LogP contribution in [0.3, 0.4) is 0 Å². The summed E-state index contributed by atoms with van der Waals surface area (Å²) in [6, 6.07) is 5.86. The highest BCUT2D eigenvalue weighted by Gasteiger charge is 2.52. The number of aliphatic hydroxyl groups is 1. The molecule has 2 fully saturated rings. The maximum Gasteiger partial charge on any atom is 0.514 e. The predicted molar refractivity (Wildman–Crippen MR) is 82.8 cm³/mol. The lowest BCUT2D eigenvalue weighted by atomic mass is 9.84. The number of nitrogens with zero attached hydrogens (tertiary/aromatic N) is 2. The number of aliphatic hydroxyl groups excluding tert-OH is 1. The fourth-order valence-electron chi connectivity index (χ4n) is 2.66. The zero-order chi connectivity index (χ0) is 15.3. The molecule has 0 radical (unpaired) electrons. The Hall–Kier alpha value is -1.11. The molecule has 1 atom stereocenters. The quantitative estimate of drug-likeness (QED) is 0.822. The lowest BCUT2D eigenvalue weighted by Gasteiger charge is -2.32. The van der Waals surface area contributed by atoms with E-state index in [0.717, 1.165) is 24.4 Å². The Morgan fingerprint density at radius 3 is 2.48 bits per heavy atom. The smallest absolute Gasteiger partial charge is 0.398 e. The van der Waals surface area contributed by atoms with Gasteiger partial charge < -0.3 is 19.3 Å². The normalized spacial score (nSPS) is 27.4. The Morgan fingerprint density at radius 2 is 1.90 bits per heavy atom. The molecule has 5 nitrogen and oxygen atoms in total. The van der Waals surface area contributed by atoms with Crippen molar-refractivity contribution >= 4 is 18.5 Å². The summed E-state index contributed by atoms with van der Waals surface area (Å²) < 4.78 is 12.1. The van der Waals surface area contributed by atoms with Crippen molar-refractivity contribution in [2.24, 2.45) is 0 Å². The topological polar surface area (TPSA) is 54.8 Å². The zero-order valence-electron chi connectivity index (χ0n) is 13.2. The van der Waals surface area contributed by atoms with Crippen LogP contribution < -0.4 is 10.5 Å². The fraction of sp³-hybridized carbons (Fsp3) is 0.667. The summed E-state index contributed by atoms with van der Waals surface area (Å²) in [5.74, 6) is 0.874. The first-order valence-electron chi connectivity index (χ1n) is 7.54. The highest BCUT2D eigenvalue weighted by Crippen LogP contribution is 2.36. The van der Waals surface area contributed by atoms with Gasteiger partial charge in [0.1, 0.15) is 5.82 Å². The van der Waals surface area contributed by atoms with Crippen LogP contribution in [0, 0.1) is 0 Å². The van der Waals surface area contributed by atoms with Crippen LogP contribution in [0.15, 0.2) is 18.2 Å². The van der Waals surface area contributed by atoms with Crippen molar-refractivity contribution in [3.05, 3.63) is 18.2 Å². The number of anilines is 1. The third-order valence-corrected chi connectivity index (χ3v) is 4.74. The highest BCUT2D eigenvalue weighted by molar-refractivity contribution is 6.61. The van der Waals surface area contributed by atoms with Crippen molar-refractivity contribution in [1.82, 2.24) is 4.98 Å². The van der Waals surface area contributed by atoms with Gasteiger partial charge in [0.05, 0.1) is 22.9 Å². The minimum absolute atomic E-state index is 0.257. The maximum atomic E-state index is 9.66. The maximum absolute atomic E-state index is 9.66. The Balaban J connectivity index is 1.81. The SMILES string of the molecule is CC1(C)OB(c2cccc(N3CCC(O)C3)n2)OC1(C)C. The molecule has 2 aliphatic rings. The summed E-state index contributed by atoms with van der Waals surface area (Å²) in [6.07, 6.45) is 0.537. The van der Waals surface area contributed by atoms with Crippen molar-refractivity contribution < 1.29 is 14.4 Å². The molecule has 0 bridgehead atoms. The summed E-state index contributed by atoms with van der Waals surface area (Å²) in [5.41, 5.74) is 0.0609. The van der Waals surface area contributed by atoms with Crippen LogP contribution in [0.25, 0.3) is 0 Å². The second kappa shape index (κ2) is 4.97. The Labute approximate surface area is 126 Å². The molecule has 3 heterocycles. The van der Waals surface area contributed by atoms with Crippen LogP contribution in [0.4, 0.5) is 5.82 Å².